The first-order valence-corrected chi connectivity index (χ1v) is 7.04. The Morgan fingerprint density at radius 3 is 2.60 bits per heavy atom. The summed E-state index contributed by atoms with van der Waals surface area (Å²) in [7, 11) is 0. The predicted molar refractivity (Wildman–Crippen MR) is 83.3 cm³/mol. The quantitative estimate of drug-likeness (QED) is 0.250. The van der Waals surface area contributed by atoms with E-state index in [0.29, 0.717) is 24.6 Å². The van der Waals surface area contributed by atoms with Gasteiger partial charge in [-0.25, -0.2) is 0 Å². The fraction of sp³-hybridized carbons (Fsp3) is 0.429. The van der Waals surface area contributed by atoms with Gasteiger partial charge in [0.25, 0.3) is 0 Å². The van der Waals surface area contributed by atoms with E-state index in [1.165, 1.54) is 5.56 Å². The summed E-state index contributed by atoms with van der Waals surface area (Å²) in [6.45, 7) is 1.41. The van der Waals surface area contributed by atoms with Gasteiger partial charge in [-0.05, 0) is 37.0 Å². The molecule has 1 atom stereocenters. The smallest absolute Gasteiger partial charge is 0.320 e. The molecule has 1 aromatic rings. The first kappa shape index (κ1) is 16.4. The number of carboxylic acids is 1. The predicted octanol–water partition coefficient (Wildman–Crippen LogP) is 1.23. The third-order valence-electron chi connectivity index (χ3n) is 2.84. The van der Waals surface area contributed by atoms with E-state index in [-0.39, 0.29) is 0 Å². The van der Waals surface area contributed by atoms with Crippen LogP contribution in [0.5, 0.6) is 0 Å². The van der Waals surface area contributed by atoms with Gasteiger partial charge in [0.2, 0.25) is 0 Å². The molecule has 20 heavy (non-hydrogen) atoms. The van der Waals surface area contributed by atoms with E-state index < -0.39 is 12.0 Å². The van der Waals surface area contributed by atoms with Crippen LogP contribution in [0.3, 0.4) is 0 Å². The van der Waals surface area contributed by atoms with Crippen molar-refractivity contribution in [3.05, 3.63) is 35.9 Å². The first-order chi connectivity index (χ1) is 9.59. The summed E-state index contributed by atoms with van der Waals surface area (Å²) >= 11 is 5.15. The van der Waals surface area contributed by atoms with Crippen LogP contribution in [0.25, 0.3) is 0 Å². The molecule has 0 saturated carbocycles. The second kappa shape index (κ2) is 9.28. The molecule has 0 radical (unpaired) electrons. The van der Waals surface area contributed by atoms with Crippen molar-refractivity contribution in [1.82, 2.24) is 10.6 Å². The number of benzene rings is 1. The Bertz CT molecular complexity index is 426. The van der Waals surface area contributed by atoms with E-state index in [4.69, 9.17) is 23.1 Å². The van der Waals surface area contributed by atoms with Crippen molar-refractivity contribution < 1.29 is 9.90 Å². The standard InChI is InChI=1S/C14H21N3O2S/c15-12(13(18)19)8-4-5-9-16-14(20)17-10-11-6-2-1-3-7-11/h1-3,6-7,12H,4-5,8-10,15H2,(H,18,19)(H2,16,17,20)/t12-/m0/s1/i4+1,5+1,8+1,9+1,12+1,13+1,15+1,16+1. The van der Waals surface area contributed by atoms with Crippen LogP contribution in [0.4, 0.5) is 0 Å². The third kappa shape index (κ3) is 7.06. The molecule has 1 aromatic carbocycles. The van der Waals surface area contributed by atoms with Crippen molar-refractivity contribution in [2.45, 2.75) is 31.8 Å². The minimum absolute atomic E-state index is 0.487. The fourth-order valence-electron chi connectivity index (χ4n) is 1.66. The SMILES string of the molecule is [15NH2][13C@@H]([13CH2][13CH2][13CH2][13CH2][15NH]C(=S)NCc1ccccc1)[13C](=O)O. The lowest BCUT2D eigenvalue weighted by Gasteiger charge is -2.11. The minimum atomic E-state index is -0.946. The third-order valence-corrected chi connectivity index (χ3v) is 3.13. The first-order valence-electron chi connectivity index (χ1n) is 6.63. The van der Waals surface area contributed by atoms with E-state index in [9.17, 15) is 4.79 Å². The van der Waals surface area contributed by atoms with Crippen LogP contribution in [-0.2, 0) is 11.3 Å². The highest BCUT2D eigenvalue weighted by Crippen LogP contribution is 1.99. The number of unbranched alkanes of at least 4 members (excludes halogenated alkanes) is 1. The largest absolute Gasteiger partial charge is 0.480 e. The van der Waals surface area contributed by atoms with Crippen molar-refractivity contribution in [1.29, 1.82) is 0 Å². The molecular formula is C14H21N3O2S. The van der Waals surface area contributed by atoms with E-state index in [2.05, 4.69) is 10.6 Å². The fourth-order valence-corrected chi connectivity index (χ4v) is 1.83. The Morgan fingerprint density at radius 2 is 1.95 bits per heavy atom. The van der Waals surface area contributed by atoms with Crippen molar-refractivity contribution in [3.63, 3.8) is 0 Å². The molecular weight excluding hydrogens is 282 g/mol. The monoisotopic (exact) mass is 303 g/mol. The molecule has 0 heterocycles. The van der Waals surface area contributed by atoms with Crippen LogP contribution >= 0.6 is 12.2 Å². The maximum absolute atomic E-state index is 10.5. The maximum atomic E-state index is 10.5. The number of thiocarbonyl (C=S) groups is 1. The van der Waals surface area contributed by atoms with Crippen molar-refractivity contribution in [2.75, 3.05) is 6.54 Å². The lowest BCUT2D eigenvalue weighted by molar-refractivity contribution is -0.138. The lowest BCUT2D eigenvalue weighted by Crippen LogP contribution is -2.35. The van der Waals surface area contributed by atoms with Crippen LogP contribution in [-0.4, -0.2) is 28.8 Å². The number of aliphatic carboxylic acids is 1. The molecule has 0 amide bonds. The molecule has 5 nitrogen and oxygen atoms in total. The average molecular weight is 303 g/mol. The number of carboxylic acid groups (broad SMARTS) is 1. The van der Waals surface area contributed by atoms with Crippen molar-refractivity contribution in [2.24, 2.45) is 5.73 Å². The van der Waals surface area contributed by atoms with Crippen LogP contribution in [0.2, 0.25) is 0 Å². The second-order valence-electron chi connectivity index (χ2n) is 4.54. The van der Waals surface area contributed by atoms with E-state index in [0.717, 1.165) is 12.8 Å². The maximum Gasteiger partial charge on any atom is 0.320 e. The molecule has 0 unspecified atom stereocenters. The van der Waals surface area contributed by atoms with Gasteiger partial charge in [0, 0.05) is 13.1 Å². The molecule has 0 fully saturated rings. The molecule has 5 N–H and O–H groups in total. The molecule has 0 spiro atoms. The van der Waals surface area contributed by atoms with Crippen LogP contribution in [0.1, 0.15) is 24.8 Å². The Kier molecular flexibility index (Phi) is 7.60. The summed E-state index contributed by atoms with van der Waals surface area (Å²) in [4.78, 5) is 10.5. The number of rotatable bonds is 8. The number of nitrogens with one attached hydrogen (secondary N) is 2. The zero-order valence-corrected chi connectivity index (χ0v) is 12.2. The molecule has 0 aromatic heterocycles. The van der Waals surface area contributed by atoms with Crippen LogP contribution in [0.15, 0.2) is 30.3 Å². The topological polar surface area (TPSA) is 87.4 Å². The van der Waals surface area contributed by atoms with Gasteiger partial charge >= 0.3 is 5.97 Å². The van der Waals surface area contributed by atoms with E-state index in [1.807, 2.05) is 30.3 Å². The summed E-state index contributed by atoms with van der Waals surface area (Å²) in [5, 5.41) is 15.4. The summed E-state index contributed by atoms with van der Waals surface area (Å²) < 4.78 is 0. The van der Waals surface area contributed by atoms with Gasteiger partial charge in [-0.15, -0.1) is 0 Å². The zero-order chi connectivity index (χ0) is 14.8. The van der Waals surface area contributed by atoms with Gasteiger partial charge in [-0.2, -0.15) is 0 Å². The van der Waals surface area contributed by atoms with Gasteiger partial charge < -0.3 is 21.5 Å². The molecule has 0 bridgehead atoms. The number of hydrogen-bond donors (Lipinski definition) is 4. The molecule has 6 heteroatoms. The van der Waals surface area contributed by atoms with Gasteiger partial charge in [0.1, 0.15) is 6.04 Å². The zero-order valence-electron chi connectivity index (χ0n) is 11.3. The molecule has 0 aliphatic rings. The van der Waals surface area contributed by atoms with Crippen LogP contribution < -0.4 is 16.4 Å². The Labute approximate surface area is 124 Å². The average Bonchev–Trinajstić information content (AvgIpc) is 2.45. The highest BCUT2D eigenvalue weighted by atomic mass is 32.1. The molecule has 0 aliphatic heterocycles. The summed E-state index contributed by atoms with van der Waals surface area (Å²) in [5.74, 6) is -0.946. The van der Waals surface area contributed by atoms with Gasteiger partial charge in [0.05, 0.1) is 0 Å². The van der Waals surface area contributed by atoms with Crippen molar-refractivity contribution in [3.8, 4) is 0 Å². The molecule has 0 aliphatic carbocycles. The molecule has 110 valence electrons. The number of nitrogens with two attached hydrogens (primary N) is 1. The lowest BCUT2D eigenvalue weighted by atomic mass is 10.2. The van der Waals surface area contributed by atoms with Crippen molar-refractivity contribution >= 4 is 23.3 Å². The normalized spacial score (nSPS) is 11.7. The highest BCUT2D eigenvalue weighted by Gasteiger charge is 2.09. The van der Waals surface area contributed by atoms with E-state index in [1.54, 1.807) is 0 Å². The van der Waals surface area contributed by atoms with Gasteiger partial charge in [-0.1, -0.05) is 30.3 Å². The molecule has 0 saturated heterocycles. The number of carbonyl (C=O) groups is 1. The van der Waals surface area contributed by atoms with Gasteiger partial charge in [0.15, 0.2) is 5.11 Å². The van der Waals surface area contributed by atoms with Crippen LogP contribution in [0, 0.1) is 0 Å². The second-order valence-corrected chi connectivity index (χ2v) is 4.94. The Hall–Kier alpha value is -1.66. The van der Waals surface area contributed by atoms with Gasteiger partial charge in [-0.3, -0.25) is 4.79 Å². The summed E-state index contributed by atoms with van der Waals surface area (Å²) in [6, 6.07) is 9.24. The Balaban J connectivity index is 2.05. The summed E-state index contributed by atoms with van der Waals surface area (Å²) in [5.41, 5.74) is 6.58. The Morgan fingerprint density at radius 1 is 1.25 bits per heavy atom. The minimum Gasteiger partial charge on any atom is -0.480 e. The summed E-state index contributed by atoms with van der Waals surface area (Å²) in [6.07, 6.45) is 2.09. The van der Waals surface area contributed by atoms with E-state index >= 15 is 0 Å². The highest BCUT2D eigenvalue weighted by molar-refractivity contribution is 7.80. The molecule has 1 rings (SSSR count). The number of hydrogen-bond acceptors (Lipinski definition) is 3.